The minimum absolute atomic E-state index is 0.282. The van der Waals surface area contributed by atoms with Crippen molar-refractivity contribution in [2.24, 2.45) is 5.73 Å². The van der Waals surface area contributed by atoms with Crippen LogP contribution in [0.5, 0.6) is 0 Å². The minimum atomic E-state index is -0.333. The molecule has 2 aromatic rings. The summed E-state index contributed by atoms with van der Waals surface area (Å²) in [5.74, 6) is -0.333. The molecule has 0 saturated heterocycles. The van der Waals surface area contributed by atoms with Gasteiger partial charge in [-0.15, -0.1) is 0 Å². The Balaban J connectivity index is 2.24. The van der Waals surface area contributed by atoms with Gasteiger partial charge in [0.1, 0.15) is 5.82 Å². The van der Waals surface area contributed by atoms with Crippen LogP contribution in [0.4, 0.5) is 4.39 Å². The lowest BCUT2D eigenvalue weighted by molar-refractivity contribution is 0.234. The molecule has 0 saturated carbocycles. The van der Waals surface area contributed by atoms with Gasteiger partial charge < -0.3 is 5.73 Å². The van der Waals surface area contributed by atoms with Gasteiger partial charge in [0.15, 0.2) is 0 Å². The lowest BCUT2D eigenvalue weighted by atomic mass is 10.0. The monoisotopic (exact) mass is 293 g/mol. The van der Waals surface area contributed by atoms with E-state index >= 15 is 0 Å². The summed E-state index contributed by atoms with van der Waals surface area (Å²) in [5.41, 5.74) is 7.15. The maximum atomic E-state index is 14.0. The minimum Gasteiger partial charge on any atom is -0.329 e. The third-order valence-corrected chi connectivity index (χ3v) is 3.56. The van der Waals surface area contributed by atoms with E-state index in [1.807, 2.05) is 30.1 Å². The van der Waals surface area contributed by atoms with E-state index in [9.17, 15) is 4.39 Å². The van der Waals surface area contributed by atoms with Crippen molar-refractivity contribution in [1.29, 1.82) is 0 Å². The van der Waals surface area contributed by atoms with Crippen LogP contribution in [0.2, 0.25) is 5.02 Å². The summed E-state index contributed by atoms with van der Waals surface area (Å²) in [5, 5.41) is 0.397. The van der Waals surface area contributed by atoms with Crippen LogP contribution in [-0.2, 0) is 6.54 Å². The summed E-state index contributed by atoms with van der Waals surface area (Å²) >= 11 is 6.11. The second-order valence-corrected chi connectivity index (χ2v) is 5.03. The molecule has 106 valence electrons. The van der Waals surface area contributed by atoms with Crippen LogP contribution in [0.15, 0.2) is 42.6 Å². The summed E-state index contributed by atoms with van der Waals surface area (Å²) in [4.78, 5) is 6.22. The summed E-state index contributed by atoms with van der Waals surface area (Å²) < 4.78 is 14.0. The van der Waals surface area contributed by atoms with Gasteiger partial charge in [-0.05, 0) is 31.3 Å². The van der Waals surface area contributed by atoms with Gasteiger partial charge in [-0.2, -0.15) is 0 Å². The summed E-state index contributed by atoms with van der Waals surface area (Å²) in [6, 6.07) is 10.1. The number of hydrogen-bond donors (Lipinski definition) is 1. The number of aromatic nitrogens is 1. The average Bonchev–Trinajstić information content (AvgIpc) is 2.44. The molecule has 0 fully saturated rings. The molecule has 2 N–H and O–H groups in total. The molecule has 0 aliphatic heterocycles. The predicted molar refractivity (Wildman–Crippen MR) is 78.9 cm³/mol. The van der Waals surface area contributed by atoms with Crippen molar-refractivity contribution >= 4 is 11.6 Å². The third-order valence-electron chi connectivity index (χ3n) is 3.23. The van der Waals surface area contributed by atoms with Crippen molar-refractivity contribution < 1.29 is 4.39 Å². The number of halogens is 2. The molecule has 0 bridgehead atoms. The van der Waals surface area contributed by atoms with Gasteiger partial charge >= 0.3 is 0 Å². The zero-order chi connectivity index (χ0) is 14.5. The van der Waals surface area contributed by atoms with Crippen LogP contribution in [-0.4, -0.2) is 23.5 Å². The first kappa shape index (κ1) is 14.9. The smallest absolute Gasteiger partial charge is 0.129 e. The maximum absolute atomic E-state index is 14.0. The Morgan fingerprint density at radius 3 is 2.70 bits per heavy atom. The molecule has 0 aliphatic rings. The Morgan fingerprint density at radius 1 is 1.30 bits per heavy atom. The molecule has 0 spiro atoms. The molecule has 1 unspecified atom stereocenters. The Morgan fingerprint density at radius 2 is 2.10 bits per heavy atom. The Labute approximate surface area is 123 Å². The number of hydrogen-bond acceptors (Lipinski definition) is 3. The van der Waals surface area contributed by atoms with Crippen LogP contribution in [0.1, 0.15) is 17.3 Å². The first-order chi connectivity index (χ1) is 9.63. The fourth-order valence-electron chi connectivity index (χ4n) is 2.20. The Kier molecular flexibility index (Phi) is 5.06. The molecule has 0 aliphatic carbocycles. The topological polar surface area (TPSA) is 42.2 Å². The van der Waals surface area contributed by atoms with Crippen LogP contribution in [0.3, 0.4) is 0 Å². The van der Waals surface area contributed by atoms with E-state index in [-0.39, 0.29) is 18.4 Å². The van der Waals surface area contributed by atoms with Gasteiger partial charge in [-0.3, -0.25) is 9.88 Å². The largest absolute Gasteiger partial charge is 0.329 e. The number of benzene rings is 1. The molecular weight excluding hydrogens is 277 g/mol. The SMILES string of the molecule is CN(Cc1ccccn1)C(CN)c1c(F)cccc1Cl. The molecular formula is C15H17ClFN3. The first-order valence-corrected chi connectivity index (χ1v) is 6.75. The van der Waals surface area contributed by atoms with Crippen molar-refractivity contribution in [3.63, 3.8) is 0 Å². The normalized spacial score (nSPS) is 12.7. The highest BCUT2D eigenvalue weighted by Crippen LogP contribution is 2.29. The van der Waals surface area contributed by atoms with Gasteiger partial charge in [0.05, 0.1) is 11.7 Å². The molecule has 20 heavy (non-hydrogen) atoms. The zero-order valence-corrected chi connectivity index (χ0v) is 12.0. The Bertz CT molecular complexity index is 542. The molecule has 1 heterocycles. The number of likely N-dealkylation sites (N-methyl/N-ethyl adjacent to an activating group) is 1. The first-order valence-electron chi connectivity index (χ1n) is 6.37. The van der Waals surface area contributed by atoms with E-state index < -0.39 is 0 Å². The van der Waals surface area contributed by atoms with Crippen LogP contribution < -0.4 is 5.73 Å². The number of nitrogens with two attached hydrogens (primary N) is 1. The zero-order valence-electron chi connectivity index (χ0n) is 11.3. The van der Waals surface area contributed by atoms with Gasteiger partial charge in [-0.1, -0.05) is 23.7 Å². The molecule has 3 nitrogen and oxygen atoms in total. The van der Waals surface area contributed by atoms with Gasteiger partial charge in [0.25, 0.3) is 0 Å². The van der Waals surface area contributed by atoms with E-state index in [2.05, 4.69) is 4.98 Å². The van der Waals surface area contributed by atoms with Crippen molar-refractivity contribution in [2.75, 3.05) is 13.6 Å². The maximum Gasteiger partial charge on any atom is 0.129 e. The van der Waals surface area contributed by atoms with Crippen LogP contribution in [0, 0.1) is 5.82 Å². The lowest BCUT2D eigenvalue weighted by Crippen LogP contribution is -2.31. The quantitative estimate of drug-likeness (QED) is 0.921. The third kappa shape index (κ3) is 3.33. The second-order valence-electron chi connectivity index (χ2n) is 4.62. The number of nitrogens with zero attached hydrogens (tertiary/aromatic N) is 2. The molecule has 0 amide bonds. The van der Waals surface area contributed by atoms with Crippen molar-refractivity contribution in [1.82, 2.24) is 9.88 Å². The molecule has 1 aromatic carbocycles. The second kappa shape index (κ2) is 6.79. The highest BCUT2D eigenvalue weighted by atomic mass is 35.5. The summed E-state index contributed by atoms with van der Waals surface area (Å²) in [7, 11) is 1.88. The van der Waals surface area contributed by atoms with Gasteiger partial charge in [0.2, 0.25) is 0 Å². The lowest BCUT2D eigenvalue weighted by Gasteiger charge is -2.28. The molecule has 2 rings (SSSR count). The standard InChI is InChI=1S/C15H17ClFN3/c1-20(10-11-5-2-3-8-19-11)14(9-18)15-12(16)6-4-7-13(15)17/h2-8,14H,9-10,18H2,1H3. The van der Waals surface area contributed by atoms with Gasteiger partial charge in [0, 0.05) is 29.9 Å². The highest BCUT2D eigenvalue weighted by molar-refractivity contribution is 6.31. The van der Waals surface area contributed by atoms with E-state index in [4.69, 9.17) is 17.3 Å². The van der Waals surface area contributed by atoms with E-state index in [1.165, 1.54) is 6.07 Å². The van der Waals surface area contributed by atoms with Crippen molar-refractivity contribution in [3.8, 4) is 0 Å². The molecule has 5 heteroatoms. The fraction of sp³-hybridized carbons (Fsp3) is 0.267. The van der Waals surface area contributed by atoms with Gasteiger partial charge in [-0.25, -0.2) is 4.39 Å². The van der Waals surface area contributed by atoms with Crippen LogP contribution in [0.25, 0.3) is 0 Å². The van der Waals surface area contributed by atoms with Crippen molar-refractivity contribution in [2.45, 2.75) is 12.6 Å². The van der Waals surface area contributed by atoms with E-state index in [1.54, 1.807) is 18.3 Å². The molecule has 1 atom stereocenters. The van der Waals surface area contributed by atoms with Crippen molar-refractivity contribution in [3.05, 3.63) is 64.7 Å². The predicted octanol–water partition coefficient (Wildman–Crippen LogP) is 3.01. The number of rotatable bonds is 5. The molecule has 0 radical (unpaired) electrons. The average molecular weight is 294 g/mol. The van der Waals surface area contributed by atoms with E-state index in [0.717, 1.165) is 5.69 Å². The highest BCUT2D eigenvalue weighted by Gasteiger charge is 2.22. The fourth-order valence-corrected chi connectivity index (χ4v) is 2.49. The Hall–Kier alpha value is -1.49. The van der Waals surface area contributed by atoms with E-state index in [0.29, 0.717) is 17.1 Å². The summed E-state index contributed by atoms with van der Waals surface area (Å²) in [6.07, 6.45) is 1.73. The van der Waals surface area contributed by atoms with Crippen LogP contribution >= 0.6 is 11.6 Å². The summed E-state index contributed by atoms with van der Waals surface area (Å²) in [6.45, 7) is 0.858. The number of pyridine rings is 1. The molecule has 1 aromatic heterocycles.